The molecule has 0 atom stereocenters. The lowest BCUT2D eigenvalue weighted by atomic mass is 10.0. The van der Waals surface area contributed by atoms with Gasteiger partial charge in [0.25, 0.3) is 0 Å². The number of aromatic nitrogens is 1. The van der Waals surface area contributed by atoms with Gasteiger partial charge < -0.3 is 9.73 Å². The molecular formula is C18H11ClN2O3. The van der Waals surface area contributed by atoms with Crippen LogP contribution >= 0.6 is 11.6 Å². The van der Waals surface area contributed by atoms with Gasteiger partial charge in [-0.3, -0.25) is 9.59 Å². The molecule has 1 aliphatic heterocycles. The first-order valence-corrected chi connectivity index (χ1v) is 7.65. The molecule has 1 aliphatic carbocycles. The Hall–Kier alpha value is -2.92. The number of carbonyl (C=O) groups excluding carboxylic acids is 1. The van der Waals surface area contributed by atoms with E-state index in [-0.39, 0.29) is 22.1 Å². The van der Waals surface area contributed by atoms with Crippen LogP contribution in [0.1, 0.15) is 6.92 Å². The van der Waals surface area contributed by atoms with E-state index in [0.717, 1.165) is 0 Å². The highest BCUT2D eigenvalue weighted by Crippen LogP contribution is 2.38. The molecule has 0 bridgehead atoms. The number of nitrogens with zero attached hydrogens (tertiary/aromatic N) is 1. The van der Waals surface area contributed by atoms with Gasteiger partial charge in [0.05, 0.1) is 5.69 Å². The van der Waals surface area contributed by atoms with Crippen LogP contribution in [0, 0.1) is 0 Å². The number of hydrogen-bond acceptors (Lipinski definition) is 4. The fourth-order valence-electron chi connectivity index (χ4n) is 2.80. The monoisotopic (exact) mass is 338 g/mol. The molecule has 0 saturated heterocycles. The average molecular weight is 339 g/mol. The molecule has 1 amide bonds. The number of anilines is 1. The Labute approximate surface area is 141 Å². The highest BCUT2D eigenvalue weighted by Gasteiger charge is 2.23. The maximum Gasteiger partial charge on any atom is 0.221 e. The highest BCUT2D eigenvalue weighted by atomic mass is 35.5. The molecule has 1 heterocycles. The van der Waals surface area contributed by atoms with E-state index >= 15 is 0 Å². The van der Waals surface area contributed by atoms with Crippen LogP contribution in [0.5, 0.6) is 0 Å². The van der Waals surface area contributed by atoms with E-state index in [1.165, 1.54) is 6.92 Å². The van der Waals surface area contributed by atoms with Gasteiger partial charge in [0.1, 0.15) is 16.2 Å². The van der Waals surface area contributed by atoms with Gasteiger partial charge in [0.15, 0.2) is 11.3 Å². The van der Waals surface area contributed by atoms with Crippen molar-refractivity contribution in [2.24, 2.45) is 0 Å². The minimum Gasteiger partial charge on any atom is -0.451 e. The minimum atomic E-state index is -0.354. The number of para-hydroxylation sites is 2. The van der Waals surface area contributed by atoms with Crippen molar-refractivity contribution in [3.63, 3.8) is 0 Å². The average Bonchev–Trinajstić information content (AvgIpc) is 2.58. The third kappa shape index (κ3) is 2.13. The van der Waals surface area contributed by atoms with Crippen LogP contribution < -0.4 is 10.7 Å². The number of amides is 1. The standard InChI is InChI=1S/C18H11ClN2O3/c1-9(22)20-12-7-4-5-10-14(12)16-18(15(19)17(10)23)24-13-8-3-2-6-11(13)21-16/h2-8H,1H3,(H,20,22). The number of hydrogen-bond donors (Lipinski definition) is 1. The summed E-state index contributed by atoms with van der Waals surface area (Å²) in [4.78, 5) is 28.7. The smallest absolute Gasteiger partial charge is 0.221 e. The third-order valence-corrected chi connectivity index (χ3v) is 4.12. The number of fused-ring (bicyclic) bond motifs is 4. The third-order valence-electron chi connectivity index (χ3n) is 3.78. The summed E-state index contributed by atoms with van der Waals surface area (Å²) >= 11 is 6.23. The lowest BCUT2D eigenvalue weighted by Crippen LogP contribution is -2.11. The molecule has 0 fully saturated rings. The van der Waals surface area contributed by atoms with Crippen molar-refractivity contribution in [3.05, 3.63) is 57.7 Å². The van der Waals surface area contributed by atoms with E-state index in [2.05, 4.69) is 10.3 Å². The van der Waals surface area contributed by atoms with Crippen LogP contribution in [0.4, 0.5) is 5.69 Å². The van der Waals surface area contributed by atoms with Gasteiger partial charge in [-0.15, -0.1) is 0 Å². The summed E-state index contributed by atoms with van der Waals surface area (Å²) in [7, 11) is 0. The minimum absolute atomic E-state index is 0.0178. The molecule has 0 radical (unpaired) electrons. The second-order valence-electron chi connectivity index (χ2n) is 5.41. The molecule has 1 N–H and O–H groups in total. The molecular weight excluding hydrogens is 328 g/mol. The van der Waals surface area contributed by atoms with Gasteiger partial charge in [0, 0.05) is 17.7 Å². The van der Waals surface area contributed by atoms with Crippen LogP contribution in [0.2, 0.25) is 5.02 Å². The second kappa shape index (κ2) is 5.32. The zero-order chi connectivity index (χ0) is 16.8. The zero-order valence-corrected chi connectivity index (χ0v) is 13.3. The van der Waals surface area contributed by atoms with Gasteiger partial charge >= 0.3 is 0 Å². The summed E-state index contributed by atoms with van der Waals surface area (Å²) in [5.41, 5.74) is 1.75. The quantitative estimate of drug-likeness (QED) is 0.419. The van der Waals surface area contributed by atoms with E-state index < -0.39 is 0 Å². The fraction of sp³-hybridized carbons (Fsp3) is 0.0556. The Kier molecular flexibility index (Phi) is 3.25. The van der Waals surface area contributed by atoms with Crippen molar-refractivity contribution in [1.29, 1.82) is 0 Å². The number of nitrogens with one attached hydrogen (secondary N) is 1. The maximum absolute atomic E-state index is 12.6. The van der Waals surface area contributed by atoms with Crippen LogP contribution in [0.15, 0.2) is 51.7 Å². The first-order valence-electron chi connectivity index (χ1n) is 7.27. The summed E-state index contributed by atoms with van der Waals surface area (Å²) in [6.07, 6.45) is 0. The van der Waals surface area contributed by atoms with Crippen molar-refractivity contribution in [2.75, 3.05) is 5.32 Å². The Morgan fingerprint density at radius 3 is 2.75 bits per heavy atom. The van der Waals surface area contributed by atoms with Crippen molar-refractivity contribution < 1.29 is 9.21 Å². The number of carbonyl (C=O) groups is 1. The number of halogens is 1. The Morgan fingerprint density at radius 2 is 1.96 bits per heavy atom. The highest BCUT2D eigenvalue weighted by molar-refractivity contribution is 6.34. The molecule has 24 heavy (non-hydrogen) atoms. The molecule has 118 valence electrons. The fourth-order valence-corrected chi connectivity index (χ4v) is 3.03. The van der Waals surface area contributed by atoms with E-state index in [4.69, 9.17) is 16.0 Å². The van der Waals surface area contributed by atoms with Crippen LogP contribution in [0.25, 0.3) is 33.3 Å². The molecule has 5 nitrogen and oxygen atoms in total. The van der Waals surface area contributed by atoms with E-state index in [1.807, 2.05) is 18.2 Å². The van der Waals surface area contributed by atoms with Crippen molar-refractivity contribution in [2.45, 2.75) is 6.92 Å². The molecule has 2 aliphatic rings. The number of rotatable bonds is 1. The van der Waals surface area contributed by atoms with Crippen molar-refractivity contribution in [3.8, 4) is 11.5 Å². The molecule has 0 spiro atoms. The first kappa shape index (κ1) is 14.7. The zero-order valence-electron chi connectivity index (χ0n) is 12.6. The van der Waals surface area contributed by atoms with Gasteiger partial charge in [-0.2, -0.15) is 0 Å². The summed E-state index contributed by atoms with van der Waals surface area (Å²) in [5.74, 6) is -0.0264. The number of benzene rings is 3. The van der Waals surface area contributed by atoms with Crippen molar-refractivity contribution >= 4 is 45.1 Å². The molecule has 6 heteroatoms. The lowest BCUT2D eigenvalue weighted by molar-refractivity contribution is -0.114. The van der Waals surface area contributed by atoms with Gasteiger partial charge in [-0.25, -0.2) is 4.98 Å². The second-order valence-corrected chi connectivity index (χ2v) is 5.79. The molecule has 0 saturated carbocycles. The predicted octanol–water partition coefficient (Wildman–Crippen LogP) is 4.06. The van der Waals surface area contributed by atoms with E-state index in [0.29, 0.717) is 33.3 Å². The largest absolute Gasteiger partial charge is 0.451 e. The lowest BCUT2D eigenvalue weighted by Gasteiger charge is -2.14. The summed E-state index contributed by atoms with van der Waals surface area (Å²) in [5, 5.41) is 3.62. The summed E-state index contributed by atoms with van der Waals surface area (Å²) in [6.45, 7) is 1.41. The predicted molar refractivity (Wildman–Crippen MR) is 93.7 cm³/mol. The van der Waals surface area contributed by atoms with Crippen molar-refractivity contribution in [1.82, 2.24) is 4.98 Å². The molecule has 0 aromatic heterocycles. The molecule has 0 unspecified atom stereocenters. The van der Waals surface area contributed by atoms with Crippen LogP contribution in [-0.2, 0) is 4.79 Å². The molecule has 2 aromatic carbocycles. The molecule has 4 rings (SSSR count). The SMILES string of the molecule is CC(=O)Nc1cccc2c(=O)c(Cl)c3oc4ccccc4nc-3c12. The van der Waals surface area contributed by atoms with E-state index in [9.17, 15) is 9.59 Å². The Bertz CT molecular complexity index is 1150. The van der Waals surface area contributed by atoms with Crippen LogP contribution in [0.3, 0.4) is 0 Å². The normalized spacial score (nSPS) is 11.2. The van der Waals surface area contributed by atoms with E-state index in [1.54, 1.807) is 24.3 Å². The summed E-state index contributed by atoms with van der Waals surface area (Å²) in [6, 6.07) is 12.3. The molecule has 2 aromatic rings. The Morgan fingerprint density at radius 1 is 1.17 bits per heavy atom. The van der Waals surface area contributed by atoms with Crippen LogP contribution in [-0.4, -0.2) is 10.9 Å². The van der Waals surface area contributed by atoms with Gasteiger partial charge in [-0.05, 0) is 18.2 Å². The summed E-state index contributed by atoms with van der Waals surface area (Å²) < 4.78 is 5.82. The Balaban J connectivity index is 2.25. The maximum atomic E-state index is 12.6. The first-order chi connectivity index (χ1) is 11.6. The topological polar surface area (TPSA) is 72.2 Å². The van der Waals surface area contributed by atoms with Gasteiger partial charge in [-0.1, -0.05) is 35.9 Å². The van der Waals surface area contributed by atoms with Gasteiger partial charge in [0.2, 0.25) is 11.3 Å².